The molecular formula is C12H15Cl3N4. The van der Waals surface area contributed by atoms with Crippen LogP contribution in [0.25, 0.3) is 0 Å². The van der Waals surface area contributed by atoms with Gasteiger partial charge in [0.25, 0.3) is 0 Å². The predicted octanol–water partition coefficient (Wildman–Crippen LogP) is 3.04. The van der Waals surface area contributed by atoms with E-state index in [9.17, 15) is 0 Å². The highest BCUT2D eigenvalue weighted by atomic mass is 35.5. The van der Waals surface area contributed by atoms with Crippen molar-refractivity contribution in [2.75, 3.05) is 42.8 Å². The number of halogens is 3. The third-order valence-electron chi connectivity index (χ3n) is 2.81. The third kappa shape index (κ3) is 3.59. The molecule has 0 unspecified atom stereocenters. The fourth-order valence-electron chi connectivity index (χ4n) is 1.76. The van der Waals surface area contributed by atoms with Crippen molar-refractivity contribution < 1.29 is 0 Å². The number of nitrogens with zero attached hydrogens (tertiary/aromatic N) is 2. The number of hydrogen-bond acceptors (Lipinski definition) is 4. The minimum Gasteiger partial charge on any atom is -0.373 e. The fourth-order valence-corrected chi connectivity index (χ4v) is 2.58. The molecule has 0 bridgehead atoms. The van der Waals surface area contributed by atoms with Crippen LogP contribution in [0.4, 0.5) is 11.4 Å². The maximum absolute atomic E-state index is 6.27. The molecule has 0 saturated heterocycles. The highest BCUT2D eigenvalue weighted by molar-refractivity contribution is 6.40. The molecule has 0 aromatic heterocycles. The highest BCUT2D eigenvalue weighted by Crippen LogP contribution is 2.35. The number of aliphatic imine (C=N–C) groups is 1. The van der Waals surface area contributed by atoms with Crippen molar-refractivity contribution in [3.63, 3.8) is 0 Å². The molecule has 0 fully saturated rings. The van der Waals surface area contributed by atoms with E-state index in [1.165, 1.54) is 0 Å². The zero-order chi connectivity index (χ0) is 13.8. The Hall–Kier alpha value is -0.840. The molecular weight excluding hydrogens is 307 g/mol. The Morgan fingerprint density at radius 1 is 1.37 bits per heavy atom. The van der Waals surface area contributed by atoms with Gasteiger partial charge in [0.2, 0.25) is 0 Å². The Bertz CT molecular complexity index is 467. The van der Waals surface area contributed by atoms with Gasteiger partial charge in [-0.3, -0.25) is 4.99 Å². The second-order valence-corrected chi connectivity index (χ2v) is 5.37. The van der Waals surface area contributed by atoms with E-state index in [1.54, 1.807) is 0 Å². The van der Waals surface area contributed by atoms with Crippen LogP contribution in [0.15, 0.2) is 17.1 Å². The monoisotopic (exact) mass is 320 g/mol. The number of rotatable bonds is 4. The summed E-state index contributed by atoms with van der Waals surface area (Å²) in [6.07, 6.45) is 0. The van der Waals surface area contributed by atoms with E-state index in [0.29, 0.717) is 27.6 Å². The fraction of sp³-hybridized carbons (Fsp3) is 0.417. The molecule has 2 N–H and O–H groups in total. The second kappa shape index (κ2) is 6.55. The number of anilines is 2. The van der Waals surface area contributed by atoms with Crippen molar-refractivity contribution in [3.05, 3.63) is 22.2 Å². The minimum absolute atomic E-state index is 0.548. The Morgan fingerprint density at radius 3 is 2.58 bits per heavy atom. The van der Waals surface area contributed by atoms with Gasteiger partial charge in [-0.15, -0.1) is 11.6 Å². The summed E-state index contributed by atoms with van der Waals surface area (Å²) < 4.78 is 0. The van der Waals surface area contributed by atoms with Crippen LogP contribution in [0, 0.1) is 0 Å². The van der Waals surface area contributed by atoms with Gasteiger partial charge in [-0.2, -0.15) is 0 Å². The van der Waals surface area contributed by atoms with Crippen molar-refractivity contribution in [3.8, 4) is 0 Å². The van der Waals surface area contributed by atoms with Crippen molar-refractivity contribution in [2.24, 2.45) is 4.99 Å². The third-order valence-corrected chi connectivity index (χ3v) is 3.57. The maximum Gasteiger partial charge on any atom is 0.196 e. The quantitative estimate of drug-likeness (QED) is 0.837. The molecule has 2 rings (SSSR count). The van der Waals surface area contributed by atoms with E-state index in [0.717, 1.165) is 25.3 Å². The SMILES string of the molecule is CN(CCCl)c1cc(Cl)c(NC2=NCCN2)c(Cl)c1. The number of alkyl halides is 1. The van der Waals surface area contributed by atoms with Gasteiger partial charge >= 0.3 is 0 Å². The summed E-state index contributed by atoms with van der Waals surface area (Å²) in [5.41, 5.74) is 1.60. The molecule has 7 heteroatoms. The van der Waals surface area contributed by atoms with Gasteiger partial charge in [-0.1, -0.05) is 23.2 Å². The first-order chi connectivity index (χ1) is 9.11. The lowest BCUT2D eigenvalue weighted by molar-refractivity contribution is 0.959. The summed E-state index contributed by atoms with van der Waals surface area (Å²) in [7, 11) is 1.94. The summed E-state index contributed by atoms with van der Waals surface area (Å²) in [6.45, 7) is 2.32. The molecule has 0 aliphatic carbocycles. The normalized spacial score (nSPS) is 14.0. The van der Waals surface area contributed by atoms with Crippen LogP contribution in [-0.4, -0.2) is 38.5 Å². The lowest BCUT2D eigenvalue weighted by Gasteiger charge is -2.20. The standard InChI is InChI=1S/C12H15Cl3N4/c1-19(5-2-13)8-6-9(14)11(10(15)7-8)18-12-16-3-4-17-12/h6-7H,2-5H2,1H3,(H2,16,17,18). The first-order valence-electron chi connectivity index (χ1n) is 5.93. The average molecular weight is 322 g/mol. The molecule has 1 aliphatic rings. The van der Waals surface area contributed by atoms with Crippen LogP contribution in [0.3, 0.4) is 0 Å². The number of hydrogen-bond donors (Lipinski definition) is 2. The molecule has 19 heavy (non-hydrogen) atoms. The van der Waals surface area contributed by atoms with Gasteiger partial charge in [0, 0.05) is 31.7 Å². The van der Waals surface area contributed by atoms with E-state index in [1.807, 2.05) is 24.1 Å². The van der Waals surface area contributed by atoms with Crippen LogP contribution in [-0.2, 0) is 0 Å². The summed E-state index contributed by atoms with van der Waals surface area (Å²) >= 11 is 18.3. The molecule has 0 amide bonds. The largest absolute Gasteiger partial charge is 0.373 e. The minimum atomic E-state index is 0.548. The number of guanidine groups is 1. The molecule has 104 valence electrons. The van der Waals surface area contributed by atoms with Crippen molar-refractivity contribution in [1.29, 1.82) is 0 Å². The summed E-state index contributed by atoms with van der Waals surface area (Å²) in [6, 6.07) is 3.72. The van der Waals surface area contributed by atoms with Crippen LogP contribution in [0.1, 0.15) is 0 Å². The molecule has 0 spiro atoms. The van der Waals surface area contributed by atoms with Crippen LogP contribution >= 0.6 is 34.8 Å². The maximum atomic E-state index is 6.27. The van der Waals surface area contributed by atoms with Crippen LogP contribution in [0.2, 0.25) is 10.0 Å². The van der Waals surface area contributed by atoms with Crippen molar-refractivity contribution in [2.45, 2.75) is 0 Å². The lowest BCUT2D eigenvalue weighted by atomic mass is 10.2. The second-order valence-electron chi connectivity index (χ2n) is 4.18. The van der Waals surface area contributed by atoms with E-state index in [4.69, 9.17) is 34.8 Å². The topological polar surface area (TPSA) is 39.7 Å². The van der Waals surface area contributed by atoms with Crippen LogP contribution < -0.4 is 15.5 Å². The Balaban J connectivity index is 2.21. The van der Waals surface area contributed by atoms with E-state index >= 15 is 0 Å². The molecule has 1 aliphatic heterocycles. The van der Waals surface area contributed by atoms with Gasteiger partial charge in [-0.25, -0.2) is 0 Å². The highest BCUT2D eigenvalue weighted by Gasteiger charge is 2.13. The smallest absolute Gasteiger partial charge is 0.196 e. The van der Waals surface area contributed by atoms with Gasteiger partial charge in [0.15, 0.2) is 5.96 Å². The number of nitrogens with one attached hydrogen (secondary N) is 2. The summed E-state index contributed by atoms with van der Waals surface area (Å²) in [4.78, 5) is 6.25. The van der Waals surface area contributed by atoms with Crippen LogP contribution in [0.5, 0.6) is 0 Å². The van der Waals surface area contributed by atoms with Crippen molar-refractivity contribution in [1.82, 2.24) is 5.32 Å². The zero-order valence-electron chi connectivity index (χ0n) is 10.5. The first kappa shape index (κ1) is 14.6. The first-order valence-corrected chi connectivity index (χ1v) is 7.22. The molecule has 1 heterocycles. The Morgan fingerprint density at radius 2 is 2.05 bits per heavy atom. The number of benzene rings is 1. The van der Waals surface area contributed by atoms with E-state index < -0.39 is 0 Å². The summed E-state index contributed by atoms with van der Waals surface area (Å²) in [5, 5.41) is 7.33. The molecule has 4 nitrogen and oxygen atoms in total. The Labute approximate surface area is 127 Å². The van der Waals surface area contributed by atoms with Crippen molar-refractivity contribution >= 4 is 52.1 Å². The van der Waals surface area contributed by atoms with Gasteiger partial charge in [-0.05, 0) is 12.1 Å². The molecule has 1 aromatic rings. The molecule has 1 aromatic carbocycles. The molecule has 0 atom stereocenters. The summed E-state index contributed by atoms with van der Waals surface area (Å²) in [5.74, 6) is 1.25. The average Bonchev–Trinajstić information content (AvgIpc) is 2.86. The van der Waals surface area contributed by atoms with Gasteiger partial charge < -0.3 is 15.5 Å². The van der Waals surface area contributed by atoms with E-state index in [-0.39, 0.29) is 0 Å². The zero-order valence-corrected chi connectivity index (χ0v) is 12.8. The predicted molar refractivity (Wildman–Crippen MR) is 84.4 cm³/mol. The molecule has 0 saturated carbocycles. The van der Waals surface area contributed by atoms with Gasteiger partial charge in [0.05, 0.1) is 22.3 Å². The van der Waals surface area contributed by atoms with E-state index in [2.05, 4.69) is 15.6 Å². The molecule has 0 radical (unpaired) electrons. The lowest BCUT2D eigenvalue weighted by Crippen LogP contribution is -2.26. The van der Waals surface area contributed by atoms with Gasteiger partial charge in [0.1, 0.15) is 0 Å². The Kier molecular flexibility index (Phi) is 5.02.